The number of amides is 1. The molecule has 9 heteroatoms. The minimum atomic E-state index is -1.15. The molecule has 0 saturated carbocycles. The topological polar surface area (TPSA) is 69.0 Å². The van der Waals surface area contributed by atoms with Crippen molar-refractivity contribution in [1.29, 1.82) is 0 Å². The molecule has 2 heterocycles. The van der Waals surface area contributed by atoms with Crippen LogP contribution in [0.2, 0.25) is 0 Å². The monoisotopic (exact) mass is 417 g/mol. The molecule has 0 radical (unpaired) electrons. The minimum absolute atomic E-state index is 0.0457. The highest BCUT2D eigenvalue weighted by atomic mass is 19.2. The zero-order chi connectivity index (χ0) is 21.7. The van der Waals surface area contributed by atoms with Crippen LogP contribution in [0.4, 0.5) is 17.6 Å². The van der Waals surface area contributed by atoms with Gasteiger partial charge in [-0.25, -0.2) is 17.6 Å². The van der Waals surface area contributed by atoms with Crippen LogP contribution in [0.5, 0.6) is 0 Å². The average molecular weight is 417 g/mol. The highest BCUT2D eigenvalue weighted by Crippen LogP contribution is 2.28. The van der Waals surface area contributed by atoms with Crippen molar-refractivity contribution < 1.29 is 22.4 Å². The van der Waals surface area contributed by atoms with E-state index < -0.39 is 40.8 Å². The standard InChI is InChI=1S/C21H15F4N3O2/c1-9(13-8-26-20(29)12-6-16(24)15(23)5-11(12)13)28(2)21(30)19-4-10-3-14(22)17(25)7-18(10)27-19/h3-9,27H,1-2H3,(H,26,29). The van der Waals surface area contributed by atoms with Crippen molar-refractivity contribution in [3.8, 4) is 0 Å². The molecule has 0 saturated heterocycles. The molecule has 0 aliphatic carbocycles. The van der Waals surface area contributed by atoms with Crippen molar-refractivity contribution in [3.63, 3.8) is 0 Å². The van der Waals surface area contributed by atoms with Gasteiger partial charge in [-0.15, -0.1) is 0 Å². The van der Waals surface area contributed by atoms with E-state index in [4.69, 9.17) is 0 Å². The van der Waals surface area contributed by atoms with E-state index in [1.54, 1.807) is 6.92 Å². The number of carbonyl (C=O) groups excluding carboxylic acids is 1. The molecule has 5 nitrogen and oxygen atoms in total. The summed E-state index contributed by atoms with van der Waals surface area (Å²) in [5, 5.41) is 0.451. The minimum Gasteiger partial charge on any atom is -0.350 e. The normalized spacial score (nSPS) is 12.5. The first-order valence-electron chi connectivity index (χ1n) is 8.92. The van der Waals surface area contributed by atoms with Crippen LogP contribution in [-0.2, 0) is 0 Å². The van der Waals surface area contributed by atoms with Gasteiger partial charge in [0.05, 0.1) is 11.4 Å². The first-order valence-corrected chi connectivity index (χ1v) is 8.92. The molecule has 0 aliphatic rings. The molecule has 4 rings (SSSR count). The molecule has 1 atom stereocenters. The zero-order valence-electron chi connectivity index (χ0n) is 15.8. The fourth-order valence-electron chi connectivity index (χ4n) is 3.43. The third-order valence-corrected chi connectivity index (χ3v) is 5.22. The summed E-state index contributed by atoms with van der Waals surface area (Å²) in [5.41, 5.74) is 0.154. The van der Waals surface area contributed by atoms with Crippen LogP contribution in [0.25, 0.3) is 21.7 Å². The maximum Gasteiger partial charge on any atom is 0.270 e. The number of carbonyl (C=O) groups is 1. The number of aromatic amines is 2. The molecule has 0 aliphatic heterocycles. The van der Waals surface area contributed by atoms with Crippen LogP contribution >= 0.6 is 0 Å². The number of nitrogens with zero attached hydrogens (tertiary/aromatic N) is 1. The molecule has 1 amide bonds. The predicted octanol–water partition coefficient (Wildman–Crippen LogP) is 4.40. The Labute approximate surface area is 166 Å². The van der Waals surface area contributed by atoms with Crippen LogP contribution in [0.3, 0.4) is 0 Å². The van der Waals surface area contributed by atoms with Gasteiger partial charge < -0.3 is 14.9 Å². The number of H-pyrrole nitrogens is 2. The lowest BCUT2D eigenvalue weighted by molar-refractivity contribution is 0.0738. The summed E-state index contributed by atoms with van der Waals surface area (Å²) in [7, 11) is 1.48. The number of benzene rings is 2. The molecule has 2 N–H and O–H groups in total. The average Bonchev–Trinajstić information content (AvgIpc) is 3.11. The highest BCUT2D eigenvalue weighted by molar-refractivity contribution is 5.98. The summed E-state index contributed by atoms with van der Waals surface area (Å²) in [6.07, 6.45) is 1.34. The Morgan fingerprint density at radius 2 is 1.53 bits per heavy atom. The van der Waals surface area contributed by atoms with Gasteiger partial charge >= 0.3 is 0 Å². The number of hydrogen-bond donors (Lipinski definition) is 2. The first kappa shape index (κ1) is 19.7. The van der Waals surface area contributed by atoms with E-state index in [1.165, 1.54) is 24.2 Å². The fourth-order valence-corrected chi connectivity index (χ4v) is 3.43. The summed E-state index contributed by atoms with van der Waals surface area (Å²) in [6.45, 7) is 1.65. The Bertz CT molecular complexity index is 1340. The fraction of sp³-hybridized carbons (Fsp3) is 0.143. The SMILES string of the molecule is CC(c1c[nH]c(=O)c2cc(F)c(F)cc12)N(C)C(=O)c1cc2cc(F)c(F)cc2[nH]1. The van der Waals surface area contributed by atoms with Gasteiger partial charge in [0.1, 0.15) is 5.69 Å². The molecule has 0 spiro atoms. The first-order chi connectivity index (χ1) is 14.2. The Balaban J connectivity index is 1.74. The smallest absolute Gasteiger partial charge is 0.270 e. The quantitative estimate of drug-likeness (QED) is 0.485. The Morgan fingerprint density at radius 3 is 2.23 bits per heavy atom. The Morgan fingerprint density at radius 1 is 0.933 bits per heavy atom. The van der Waals surface area contributed by atoms with E-state index in [0.717, 1.165) is 24.3 Å². The van der Waals surface area contributed by atoms with Crippen molar-refractivity contribution in [2.24, 2.45) is 0 Å². The lowest BCUT2D eigenvalue weighted by Crippen LogP contribution is -2.30. The molecule has 0 bridgehead atoms. The number of fused-ring (bicyclic) bond motifs is 2. The van der Waals surface area contributed by atoms with E-state index in [0.29, 0.717) is 10.9 Å². The van der Waals surface area contributed by atoms with Crippen LogP contribution in [0.1, 0.15) is 29.0 Å². The molecule has 1 unspecified atom stereocenters. The summed E-state index contributed by atoms with van der Waals surface area (Å²) in [5.74, 6) is -4.84. The largest absolute Gasteiger partial charge is 0.350 e. The van der Waals surface area contributed by atoms with Crippen LogP contribution < -0.4 is 5.56 Å². The summed E-state index contributed by atoms with van der Waals surface area (Å²) >= 11 is 0. The Kier molecular flexibility index (Phi) is 4.60. The molecular weight excluding hydrogens is 402 g/mol. The number of pyridine rings is 1. The van der Waals surface area contributed by atoms with Crippen molar-refractivity contribution >= 4 is 27.6 Å². The van der Waals surface area contributed by atoms with Gasteiger partial charge in [-0.05, 0) is 42.1 Å². The molecular formula is C21H15F4N3O2. The van der Waals surface area contributed by atoms with Crippen LogP contribution in [-0.4, -0.2) is 27.8 Å². The van der Waals surface area contributed by atoms with E-state index in [1.807, 2.05) is 0 Å². The second kappa shape index (κ2) is 7.01. The molecule has 154 valence electrons. The van der Waals surface area contributed by atoms with Crippen LogP contribution in [0, 0.1) is 23.3 Å². The second-order valence-electron chi connectivity index (χ2n) is 7.01. The van der Waals surface area contributed by atoms with Gasteiger partial charge in [-0.3, -0.25) is 9.59 Å². The van der Waals surface area contributed by atoms with E-state index in [2.05, 4.69) is 9.97 Å². The number of nitrogens with one attached hydrogen (secondary N) is 2. The van der Waals surface area contributed by atoms with Crippen LogP contribution in [0.15, 0.2) is 41.3 Å². The number of hydrogen-bond acceptors (Lipinski definition) is 2. The van der Waals surface area contributed by atoms with Gasteiger partial charge in [-0.2, -0.15) is 0 Å². The third-order valence-electron chi connectivity index (χ3n) is 5.22. The molecule has 0 fully saturated rings. The van der Waals surface area contributed by atoms with Crippen molar-refractivity contribution in [2.45, 2.75) is 13.0 Å². The molecule has 4 aromatic rings. The van der Waals surface area contributed by atoms with Crippen molar-refractivity contribution in [3.05, 3.63) is 81.4 Å². The van der Waals surface area contributed by atoms with Gasteiger partial charge in [0, 0.05) is 30.2 Å². The van der Waals surface area contributed by atoms with Gasteiger partial charge in [0.2, 0.25) is 0 Å². The lowest BCUT2D eigenvalue weighted by atomic mass is 10.0. The third kappa shape index (κ3) is 3.12. The maximum absolute atomic E-state index is 13.8. The summed E-state index contributed by atoms with van der Waals surface area (Å²) < 4.78 is 54.2. The van der Waals surface area contributed by atoms with E-state index in [-0.39, 0.29) is 22.0 Å². The maximum atomic E-state index is 13.8. The van der Waals surface area contributed by atoms with Gasteiger partial charge in [0.15, 0.2) is 23.3 Å². The van der Waals surface area contributed by atoms with Crippen molar-refractivity contribution in [1.82, 2.24) is 14.9 Å². The highest BCUT2D eigenvalue weighted by Gasteiger charge is 2.23. The van der Waals surface area contributed by atoms with Gasteiger partial charge in [0.25, 0.3) is 11.5 Å². The zero-order valence-corrected chi connectivity index (χ0v) is 15.8. The molecule has 2 aromatic heterocycles. The number of rotatable bonds is 3. The predicted molar refractivity (Wildman–Crippen MR) is 103 cm³/mol. The summed E-state index contributed by atoms with van der Waals surface area (Å²) in [6, 6.07) is 4.40. The lowest BCUT2D eigenvalue weighted by Gasteiger charge is -2.25. The molecule has 30 heavy (non-hydrogen) atoms. The van der Waals surface area contributed by atoms with Crippen molar-refractivity contribution in [2.75, 3.05) is 7.05 Å². The van der Waals surface area contributed by atoms with E-state index >= 15 is 0 Å². The summed E-state index contributed by atoms with van der Waals surface area (Å²) in [4.78, 5) is 31.5. The van der Waals surface area contributed by atoms with Gasteiger partial charge in [-0.1, -0.05) is 0 Å². The number of aromatic nitrogens is 2. The molecule has 2 aromatic carbocycles. The number of halogens is 4. The Hall–Kier alpha value is -3.62. The van der Waals surface area contributed by atoms with E-state index in [9.17, 15) is 27.2 Å². The second-order valence-corrected chi connectivity index (χ2v) is 7.01.